The van der Waals surface area contributed by atoms with Crippen molar-refractivity contribution in [3.05, 3.63) is 29.8 Å². The first-order valence-corrected chi connectivity index (χ1v) is 8.06. The number of thioether (sulfide) groups is 1. The first-order chi connectivity index (χ1) is 9.21. The first-order valence-electron chi connectivity index (χ1n) is 7.08. The molecular weight excluding hydrogens is 256 g/mol. The summed E-state index contributed by atoms with van der Waals surface area (Å²) in [6.07, 6.45) is 5.35. The van der Waals surface area contributed by atoms with E-state index in [1.165, 1.54) is 37.0 Å². The summed E-state index contributed by atoms with van der Waals surface area (Å²) in [5.41, 5.74) is 4.26. The van der Waals surface area contributed by atoms with Gasteiger partial charge in [-0.3, -0.25) is 11.3 Å². The number of nitrogens with one attached hydrogen (secondary N) is 1. The third-order valence-corrected chi connectivity index (χ3v) is 5.66. The first kappa shape index (κ1) is 13.3. The molecule has 2 fully saturated rings. The summed E-state index contributed by atoms with van der Waals surface area (Å²) in [5.74, 6) is 8.02. The van der Waals surface area contributed by atoms with Gasteiger partial charge < -0.3 is 4.74 Å². The van der Waals surface area contributed by atoms with Crippen molar-refractivity contribution in [3.63, 3.8) is 0 Å². The maximum absolute atomic E-state index is 5.80. The molecule has 2 atom stereocenters. The number of hydrazine groups is 1. The van der Waals surface area contributed by atoms with Crippen LogP contribution in [0.25, 0.3) is 0 Å². The Bertz CT molecular complexity index is 424. The van der Waals surface area contributed by atoms with Crippen LogP contribution in [-0.4, -0.2) is 16.6 Å². The van der Waals surface area contributed by atoms with Crippen molar-refractivity contribution in [1.29, 1.82) is 0 Å². The SMILES string of the molecule is CC1(C(NN)c2ccc(OC3CC3)cc2)CCCS1. The van der Waals surface area contributed by atoms with Crippen LogP contribution in [0.5, 0.6) is 5.75 Å². The molecule has 1 heterocycles. The zero-order valence-corrected chi connectivity index (χ0v) is 12.2. The van der Waals surface area contributed by atoms with Crippen molar-refractivity contribution < 1.29 is 4.74 Å². The fourth-order valence-electron chi connectivity index (χ4n) is 2.77. The summed E-state index contributed by atoms with van der Waals surface area (Å²) in [6, 6.07) is 8.63. The van der Waals surface area contributed by atoms with Gasteiger partial charge in [-0.2, -0.15) is 11.8 Å². The van der Waals surface area contributed by atoms with E-state index in [-0.39, 0.29) is 10.8 Å². The highest BCUT2D eigenvalue weighted by molar-refractivity contribution is 8.00. The molecule has 3 rings (SSSR count). The number of rotatable bonds is 5. The molecule has 1 aliphatic heterocycles. The second-order valence-corrected chi connectivity index (χ2v) is 7.38. The van der Waals surface area contributed by atoms with Gasteiger partial charge in [0.15, 0.2) is 0 Å². The lowest BCUT2D eigenvalue weighted by Crippen LogP contribution is -2.41. The summed E-state index contributed by atoms with van der Waals surface area (Å²) in [5, 5.41) is 0. The molecule has 3 nitrogen and oxygen atoms in total. The summed E-state index contributed by atoms with van der Waals surface area (Å²) >= 11 is 2.02. The summed E-state index contributed by atoms with van der Waals surface area (Å²) in [6.45, 7) is 2.31. The average Bonchev–Trinajstić information content (AvgIpc) is 3.12. The van der Waals surface area contributed by atoms with Gasteiger partial charge in [0.1, 0.15) is 5.75 Å². The molecule has 104 valence electrons. The van der Waals surface area contributed by atoms with Gasteiger partial charge in [-0.25, -0.2) is 0 Å². The average molecular weight is 278 g/mol. The van der Waals surface area contributed by atoms with Gasteiger partial charge in [-0.05, 0) is 56.1 Å². The van der Waals surface area contributed by atoms with Gasteiger partial charge in [-0.1, -0.05) is 12.1 Å². The van der Waals surface area contributed by atoms with E-state index in [9.17, 15) is 0 Å². The highest BCUT2D eigenvalue weighted by atomic mass is 32.2. The van der Waals surface area contributed by atoms with Crippen LogP contribution in [0.1, 0.15) is 44.2 Å². The van der Waals surface area contributed by atoms with Crippen molar-refractivity contribution in [1.82, 2.24) is 5.43 Å². The molecule has 1 saturated carbocycles. The minimum absolute atomic E-state index is 0.202. The lowest BCUT2D eigenvalue weighted by Gasteiger charge is -2.33. The van der Waals surface area contributed by atoms with E-state index in [1.807, 2.05) is 11.8 Å². The highest BCUT2D eigenvalue weighted by Crippen LogP contribution is 2.46. The number of hydrogen-bond donors (Lipinski definition) is 2. The minimum Gasteiger partial charge on any atom is -0.490 e. The van der Waals surface area contributed by atoms with Gasteiger partial charge in [0.2, 0.25) is 0 Å². The molecule has 1 aliphatic carbocycles. The quantitative estimate of drug-likeness (QED) is 0.642. The second-order valence-electron chi connectivity index (χ2n) is 5.75. The molecule has 19 heavy (non-hydrogen) atoms. The summed E-state index contributed by atoms with van der Waals surface area (Å²) < 4.78 is 5.99. The maximum atomic E-state index is 5.80. The zero-order chi connectivity index (χ0) is 13.3. The Morgan fingerprint density at radius 3 is 2.63 bits per heavy atom. The molecule has 1 aromatic rings. The Balaban J connectivity index is 1.74. The zero-order valence-electron chi connectivity index (χ0n) is 11.4. The molecule has 1 saturated heterocycles. The fourth-order valence-corrected chi connectivity index (χ4v) is 4.19. The second kappa shape index (κ2) is 5.35. The fraction of sp³-hybridized carbons (Fsp3) is 0.600. The molecule has 0 amide bonds. The van der Waals surface area contributed by atoms with Gasteiger partial charge in [0, 0.05) is 4.75 Å². The van der Waals surface area contributed by atoms with Gasteiger partial charge in [0.05, 0.1) is 12.1 Å². The van der Waals surface area contributed by atoms with Crippen molar-refractivity contribution in [2.24, 2.45) is 5.84 Å². The summed E-state index contributed by atoms with van der Waals surface area (Å²) in [4.78, 5) is 0. The molecule has 0 radical (unpaired) electrons. The Hall–Kier alpha value is -0.710. The van der Waals surface area contributed by atoms with E-state index in [4.69, 9.17) is 10.6 Å². The van der Waals surface area contributed by atoms with Crippen molar-refractivity contribution in [2.75, 3.05) is 5.75 Å². The topological polar surface area (TPSA) is 47.3 Å². The lowest BCUT2D eigenvalue weighted by atomic mass is 9.91. The Labute approximate surface area is 119 Å². The third-order valence-electron chi connectivity index (χ3n) is 4.07. The van der Waals surface area contributed by atoms with Crippen LogP contribution < -0.4 is 16.0 Å². The molecule has 1 aromatic carbocycles. The van der Waals surface area contributed by atoms with Crippen LogP contribution in [0.2, 0.25) is 0 Å². The molecule has 0 bridgehead atoms. The van der Waals surface area contributed by atoms with Crippen molar-refractivity contribution >= 4 is 11.8 Å². The number of hydrogen-bond acceptors (Lipinski definition) is 4. The molecule has 2 unspecified atom stereocenters. The maximum Gasteiger partial charge on any atom is 0.119 e. The normalized spacial score (nSPS) is 28.3. The van der Waals surface area contributed by atoms with Gasteiger partial charge in [-0.15, -0.1) is 0 Å². The monoisotopic (exact) mass is 278 g/mol. The predicted molar refractivity (Wildman–Crippen MR) is 80.3 cm³/mol. The van der Waals surface area contributed by atoms with Gasteiger partial charge >= 0.3 is 0 Å². The van der Waals surface area contributed by atoms with Crippen LogP contribution in [-0.2, 0) is 0 Å². The van der Waals surface area contributed by atoms with E-state index in [1.54, 1.807) is 0 Å². The van der Waals surface area contributed by atoms with E-state index >= 15 is 0 Å². The number of benzene rings is 1. The Morgan fingerprint density at radius 2 is 2.11 bits per heavy atom. The van der Waals surface area contributed by atoms with E-state index in [2.05, 4.69) is 36.6 Å². The molecule has 0 aromatic heterocycles. The molecule has 4 heteroatoms. The highest BCUT2D eigenvalue weighted by Gasteiger charge is 2.38. The Kier molecular flexibility index (Phi) is 3.74. The number of ether oxygens (including phenoxy) is 1. The third kappa shape index (κ3) is 2.91. The largest absolute Gasteiger partial charge is 0.490 e. The van der Waals surface area contributed by atoms with E-state index in [0.29, 0.717) is 6.10 Å². The predicted octanol–water partition coefficient (Wildman–Crippen LogP) is 3.02. The standard InChI is InChI=1S/C15H22N2OS/c1-15(9-2-10-19-15)14(17-16)11-3-5-12(6-4-11)18-13-7-8-13/h3-6,13-14,17H,2,7-10,16H2,1H3. The number of nitrogens with two attached hydrogens (primary N) is 1. The van der Waals surface area contributed by atoms with Crippen LogP contribution in [0, 0.1) is 0 Å². The smallest absolute Gasteiger partial charge is 0.119 e. The van der Waals surface area contributed by atoms with Crippen molar-refractivity contribution in [2.45, 2.75) is 49.5 Å². The Morgan fingerprint density at radius 1 is 1.37 bits per heavy atom. The van der Waals surface area contributed by atoms with Crippen LogP contribution in [0.3, 0.4) is 0 Å². The van der Waals surface area contributed by atoms with Crippen LogP contribution in [0.4, 0.5) is 0 Å². The minimum atomic E-state index is 0.202. The molecule has 2 aliphatic rings. The molecular formula is C15H22N2OS. The van der Waals surface area contributed by atoms with Crippen molar-refractivity contribution in [3.8, 4) is 5.75 Å². The lowest BCUT2D eigenvalue weighted by molar-refractivity contribution is 0.303. The van der Waals surface area contributed by atoms with Gasteiger partial charge in [0.25, 0.3) is 0 Å². The van der Waals surface area contributed by atoms with E-state index in [0.717, 1.165) is 5.75 Å². The molecule has 0 spiro atoms. The molecule has 3 N–H and O–H groups in total. The van der Waals surface area contributed by atoms with E-state index < -0.39 is 0 Å². The van der Waals surface area contributed by atoms with Crippen LogP contribution >= 0.6 is 11.8 Å². The summed E-state index contributed by atoms with van der Waals surface area (Å²) in [7, 11) is 0. The van der Waals surface area contributed by atoms with Crippen LogP contribution in [0.15, 0.2) is 24.3 Å².